The Hall–Kier alpha value is -3.75. The zero-order valence-corrected chi connectivity index (χ0v) is 15.0. The molecular formula is C19H17N5O4. The molecule has 28 heavy (non-hydrogen) atoms. The van der Waals surface area contributed by atoms with Crippen LogP contribution in [-0.2, 0) is 14.4 Å². The third-order valence-corrected chi connectivity index (χ3v) is 4.55. The number of amides is 3. The van der Waals surface area contributed by atoms with Gasteiger partial charge in [0.25, 0.3) is 11.8 Å². The van der Waals surface area contributed by atoms with Crippen molar-refractivity contribution in [3.63, 3.8) is 0 Å². The fourth-order valence-corrected chi connectivity index (χ4v) is 3.21. The summed E-state index contributed by atoms with van der Waals surface area (Å²) < 4.78 is 5.08. The first-order valence-electron chi connectivity index (χ1n) is 8.62. The lowest BCUT2D eigenvalue weighted by molar-refractivity contribution is -0.123. The van der Waals surface area contributed by atoms with Gasteiger partial charge in [-0.2, -0.15) is 5.11 Å². The van der Waals surface area contributed by atoms with Gasteiger partial charge in [-0.05, 0) is 36.4 Å². The van der Waals surface area contributed by atoms with Crippen molar-refractivity contribution in [3.05, 3.63) is 54.6 Å². The highest BCUT2D eigenvalue weighted by Gasteiger charge is 2.55. The maximum absolute atomic E-state index is 12.8. The monoisotopic (exact) mass is 379 g/mol. The van der Waals surface area contributed by atoms with Gasteiger partial charge in [0, 0.05) is 5.69 Å². The number of carbonyl (C=O) groups is 3. The summed E-state index contributed by atoms with van der Waals surface area (Å²) in [6, 6.07) is 13.6. The molecule has 2 aromatic carbocycles. The van der Waals surface area contributed by atoms with Gasteiger partial charge in [-0.25, -0.2) is 4.90 Å². The van der Waals surface area contributed by atoms with Crippen LogP contribution in [0.3, 0.4) is 0 Å². The topological polar surface area (TPSA) is 104 Å². The molecule has 9 heteroatoms. The molecule has 0 aromatic heterocycles. The zero-order valence-electron chi connectivity index (χ0n) is 15.0. The van der Waals surface area contributed by atoms with Crippen LogP contribution in [-0.4, -0.2) is 48.5 Å². The number of para-hydroxylation sites is 1. The van der Waals surface area contributed by atoms with Gasteiger partial charge in [0.15, 0.2) is 12.1 Å². The number of ether oxygens (including phenoxy) is 1. The standard InChI is InChI=1S/C19H17N5O4/c1-28-14-9-7-12(8-10-14)20-15(25)11-23-17-16(21-22-23)18(26)24(19(17)27)13-5-3-2-4-6-13/h2-10,16-17H,11H2,1H3,(H,20,25)/t16-,17-/m0/s1. The maximum Gasteiger partial charge on any atom is 0.263 e. The number of hydrogen-bond acceptors (Lipinski definition) is 7. The van der Waals surface area contributed by atoms with E-state index in [-0.39, 0.29) is 12.5 Å². The minimum atomic E-state index is -0.929. The molecule has 9 nitrogen and oxygen atoms in total. The lowest BCUT2D eigenvalue weighted by atomic mass is 10.1. The number of carbonyl (C=O) groups excluding carboxylic acids is 3. The second-order valence-corrected chi connectivity index (χ2v) is 6.32. The van der Waals surface area contributed by atoms with Crippen molar-refractivity contribution in [3.8, 4) is 5.75 Å². The number of rotatable bonds is 5. The molecule has 2 aliphatic heterocycles. The molecule has 1 N–H and O–H groups in total. The summed E-state index contributed by atoms with van der Waals surface area (Å²) in [5.41, 5.74) is 1.06. The first kappa shape index (κ1) is 17.7. The highest BCUT2D eigenvalue weighted by atomic mass is 16.5. The number of benzene rings is 2. The third kappa shape index (κ3) is 3.07. The number of anilines is 2. The van der Waals surface area contributed by atoms with E-state index in [2.05, 4.69) is 15.7 Å². The van der Waals surface area contributed by atoms with Gasteiger partial charge < -0.3 is 10.1 Å². The molecule has 0 saturated carbocycles. The molecule has 1 saturated heterocycles. The Bertz CT molecular complexity index is 945. The van der Waals surface area contributed by atoms with Crippen molar-refractivity contribution < 1.29 is 19.1 Å². The van der Waals surface area contributed by atoms with E-state index in [1.165, 1.54) is 5.01 Å². The Labute approximate surface area is 160 Å². The lowest BCUT2D eigenvalue weighted by Crippen LogP contribution is -2.43. The molecule has 3 amide bonds. The Morgan fingerprint density at radius 3 is 2.46 bits per heavy atom. The molecule has 0 bridgehead atoms. The summed E-state index contributed by atoms with van der Waals surface area (Å²) in [7, 11) is 1.56. The molecule has 142 valence electrons. The van der Waals surface area contributed by atoms with Crippen molar-refractivity contribution in [1.29, 1.82) is 0 Å². The van der Waals surface area contributed by atoms with Crippen LogP contribution >= 0.6 is 0 Å². The quantitative estimate of drug-likeness (QED) is 0.795. The second kappa shape index (κ2) is 7.10. The molecule has 2 atom stereocenters. The lowest BCUT2D eigenvalue weighted by Gasteiger charge is -2.20. The second-order valence-electron chi connectivity index (χ2n) is 6.32. The van der Waals surface area contributed by atoms with Crippen molar-refractivity contribution in [2.24, 2.45) is 10.3 Å². The van der Waals surface area contributed by atoms with E-state index in [4.69, 9.17) is 4.74 Å². The maximum atomic E-state index is 12.8. The number of hydrogen-bond donors (Lipinski definition) is 1. The molecule has 2 heterocycles. The van der Waals surface area contributed by atoms with Crippen LogP contribution in [0.15, 0.2) is 64.9 Å². The van der Waals surface area contributed by atoms with E-state index >= 15 is 0 Å². The molecular weight excluding hydrogens is 362 g/mol. The minimum Gasteiger partial charge on any atom is -0.497 e. The van der Waals surface area contributed by atoms with Crippen LogP contribution in [0, 0.1) is 0 Å². The Morgan fingerprint density at radius 2 is 1.79 bits per heavy atom. The summed E-state index contributed by atoms with van der Waals surface area (Å²) in [5, 5.41) is 11.8. The van der Waals surface area contributed by atoms with Crippen molar-refractivity contribution in [1.82, 2.24) is 5.01 Å². The average molecular weight is 379 g/mol. The Morgan fingerprint density at radius 1 is 1.07 bits per heavy atom. The SMILES string of the molecule is COc1ccc(NC(=O)CN2N=N[C@@H]3C(=O)N(c4ccccc4)C(=O)[C@H]32)cc1. The first-order valence-corrected chi connectivity index (χ1v) is 8.62. The third-order valence-electron chi connectivity index (χ3n) is 4.55. The van der Waals surface area contributed by atoms with Gasteiger partial charge in [0.1, 0.15) is 12.3 Å². The first-order chi connectivity index (χ1) is 13.6. The number of nitrogens with zero attached hydrogens (tertiary/aromatic N) is 4. The zero-order chi connectivity index (χ0) is 19.7. The highest BCUT2D eigenvalue weighted by Crippen LogP contribution is 2.31. The van der Waals surface area contributed by atoms with Crippen LogP contribution in [0.5, 0.6) is 5.75 Å². The number of methoxy groups -OCH3 is 1. The molecule has 0 aliphatic carbocycles. The molecule has 0 unspecified atom stereocenters. The van der Waals surface area contributed by atoms with E-state index in [0.29, 0.717) is 17.1 Å². The minimum absolute atomic E-state index is 0.196. The average Bonchev–Trinajstić information content (AvgIpc) is 3.23. The van der Waals surface area contributed by atoms with Crippen LogP contribution in [0.4, 0.5) is 11.4 Å². The smallest absolute Gasteiger partial charge is 0.263 e. The summed E-state index contributed by atoms with van der Waals surface area (Å²) in [6.45, 7) is -0.196. The fraction of sp³-hybridized carbons (Fsp3) is 0.211. The fourth-order valence-electron chi connectivity index (χ4n) is 3.21. The molecule has 2 aliphatic rings. The summed E-state index contributed by atoms with van der Waals surface area (Å²) in [5.74, 6) is -0.583. The van der Waals surface area contributed by atoms with Gasteiger partial charge in [-0.1, -0.05) is 23.4 Å². The Balaban J connectivity index is 1.45. The molecule has 4 rings (SSSR count). The normalized spacial score (nSPS) is 20.5. The Kier molecular flexibility index (Phi) is 4.48. The predicted octanol–water partition coefficient (Wildman–Crippen LogP) is 1.63. The van der Waals surface area contributed by atoms with E-state index < -0.39 is 23.9 Å². The number of fused-ring (bicyclic) bond motifs is 1. The molecule has 0 spiro atoms. The van der Waals surface area contributed by atoms with Crippen molar-refractivity contribution in [2.75, 3.05) is 23.9 Å². The van der Waals surface area contributed by atoms with E-state index in [0.717, 1.165) is 4.90 Å². The summed E-state index contributed by atoms with van der Waals surface area (Å²) in [4.78, 5) is 38.9. The van der Waals surface area contributed by atoms with E-state index in [1.807, 2.05) is 0 Å². The van der Waals surface area contributed by atoms with Crippen LogP contribution in [0.1, 0.15) is 0 Å². The number of nitrogens with one attached hydrogen (secondary N) is 1. The van der Waals surface area contributed by atoms with Gasteiger partial charge in [0.2, 0.25) is 5.91 Å². The van der Waals surface area contributed by atoms with Gasteiger partial charge in [-0.3, -0.25) is 19.4 Å². The molecule has 2 aromatic rings. The highest BCUT2D eigenvalue weighted by molar-refractivity contribution is 6.25. The number of imide groups is 1. The molecule has 1 fully saturated rings. The van der Waals surface area contributed by atoms with E-state index in [9.17, 15) is 14.4 Å². The van der Waals surface area contributed by atoms with Crippen LogP contribution in [0.2, 0.25) is 0 Å². The van der Waals surface area contributed by atoms with Gasteiger partial charge >= 0.3 is 0 Å². The van der Waals surface area contributed by atoms with Crippen LogP contribution < -0.4 is 15.0 Å². The van der Waals surface area contributed by atoms with Gasteiger partial charge in [0.05, 0.1) is 12.8 Å². The summed E-state index contributed by atoms with van der Waals surface area (Å²) in [6.07, 6.45) is 0. The predicted molar refractivity (Wildman–Crippen MR) is 99.7 cm³/mol. The van der Waals surface area contributed by atoms with Crippen molar-refractivity contribution in [2.45, 2.75) is 12.1 Å². The van der Waals surface area contributed by atoms with E-state index in [1.54, 1.807) is 61.7 Å². The van der Waals surface area contributed by atoms with Crippen LogP contribution in [0.25, 0.3) is 0 Å². The van der Waals surface area contributed by atoms with Gasteiger partial charge in [-0.15, -0.1) is 0 Å². The summed E-state index contributed by atoms with van der Waals surface area (Å²) >= 11 is 0. The largest absolute Gasteiger partial charge is 0.497 e. The molecule has 0 radical (unpaired) electrons. The van der Waals surface area contributed by atoms with Crippen molar-refractivity contribution >= 4 is 29.1 Å².